The van der Waals surface area contributed by atoms with Crippen LogP contribution in [-0.2, 0) is 20.4 Å². The average Bonchev–Trinajstić information content (AvgIpc) is 2.91. The maximum absolute atomic E-state index is 12.3. The molecule has 1 fully saturated rings. The van der Waals surface area contributed by atoms with Crippen molar-refractivity contribution in [1.29, 1.82) is 0 Å². The van der Waals surface area contributed by atoms with Crippen LogP contribution in [0.2, 0.25) is 0 Å². The molecule has 0 bridgehead atoms. The molecular formula is C15H21NO3S. The van der Waals surface area contributed by atoms with Gasteiger partial charge >= 0.3 is 0 Å². The highest BCUT2D eigenvalue weighted by molar-refractivity contribution is 7.92. The van der Waals surface area contributed by atoms with Crippen LogP contribution >= 0.6 is 0 Å². The van der Waals surface area contributed by atoms with E-state index in [0.29, 0.717) is 5.56 Å². The van der Waals surface area contributed by atoms with Gasteiger partial charge in [-0.3, -0.25) is 4.79 Å². The number of sulfone groups is 1. The SMILES string of the molecule is C[C@H](C(=O)NC1CCCC1)S(=O)(=O)Cc1ccccc1. The molecule has 0 saturated heterocycles. The maximum Gasteiger partial charge on any atom is 0.238 e. The zero-order valence-electron chi connectivity index (χ0n) is 11.7. The van der Waals surface area contributed by atoms with E-state index in [9.17, 15) is 13.2 Å². The van der Waals surface area contributed by atoms with Gasteiger partial charge in [0.2, 0.25) is 5.91 Å². The second-order valence-electron chi connectivity index (χ2n) is 5.42. The molecule has 0 radical (unpaired) electrons. The zero-order chi connectivity index (χ0) is 14.6. The van der Waals surface area contributed by atoms with Crippen molar-refractivity contribution in [2.45, 2.75) is 49.7 Å². The first-order chi connectivity index (χ1) is 9.49. The van der Waals surface area contributed by atoms with Gasteiger partial charge in [0.1, 0.15) is 5.25 Å². The highest BCUT2D eigenvalue weighted by Crippen LogP contribution is 2.18. The number of nitrogens with one attached hydrogen (secondary N) is 1. The van der Waals surface area contributed by atoms with Gasteiger partial charge < -0.3 is 5.32 Å². The van der Waals surface area contributed by atoms with Gasteiger partial charge in [0.15, 0.2) is 9.84 Å². The fourth-order valence-corrected chi connectivity index (χ4v) is 3.78. The molecule has 110 valence electrons. The third kappa shape index (κ3) is 3.82. The van der Waals surface area contributed by atoms with Crippen LogP contribution in [0.25, 0.3) is 0 Å². The molecule has 0 unspecified atom stereocenters. The summed E-state index contributed by atoms with van der Waals surface area (Å²) in [6, 6.07) is 9.12. The van der Waals surface area contributed by atoms with Gasteiger partial charge in [-0.2, -0.15) is 0 Å². The first-order valence-electron chi connectivity index (χ1n) is 7.05. The molecule has 1 aliphatic carbocycles. The molecular weight excluding hydrogens is 274 g/mol. The third-order valence-electron chi connectivity index (χ3n) is 3.82. The van der Waals surface area contributed by atoms with Crippen molar-refractivity contribution in [3.8, 4) is 0 Å². The van der Waals surface area contributed by atoms with Crippen LogP contribution in [0.5, 0.6) is 0 Å². The van der Waals surface area contributed by atoms with E-state index < -0.39 is 15.1 Å². The number of hydrogen-bond donors (Lipinski definition) is 1. The first kappa shape index (κ1) is 15.0. The van der Waals surface area contributed by atoms with Crippen LogP contribution in [-0.4, -0.2) is 25.6 Å². The number of amides is 1. The summed E-state index contributed by atoms with van der Waals surface area (Å²) >= 11 is 0. The Labute approximate surface area is 120 Å². The van der Waals surface area contributed by atoms with Crippen molar-refractivity contribution >= 4 is 15.7 Å². The van der Waals surface area contributed by atoms with Gasteiger partial charge in [-0.05, 0) is 25.3 Å². The normalized spacial score (nSPS) is 17.9. The van der Waals surface area contributed by atoms with Gasteiger partial charge in [0.25, 0.3) is 0 Å². The molecule has 1 saturated carbocycles. The molecule has 4 nitrogen and oxygen atoms in total. The lowest BCUT2D eigenvalue weighted by Gasteiger charge is -2.17. The minimum Gasteiger partial charge on any atom is -0.352 e. The highest BCUT2D eigenvalue weighted by atomic mass is 32.2. The predicted molar refractivity (Wildman–Crippen MR) is 78.9 cm³/mol. The van der Waals surface area contributed by atoms with E-state index in [0.717, 1.165) is 25.7 Å². The van der Waals surface area contributed by atoms with Crippen molar-refractivity contribution in [2.75, 3.05) is 0 Å². The second kappa shape index (κ2) is 6.39. The van der Waals surface area contributed by atoms with E-state index in [1.807, 2.05) is 6.07 Å². The fourth-order valence-electron chi connectivity index (χ4n) is 2.48. The number of carbonyl (C=O) groups is 1. The molecule has 20 heavy (non-hydrogen) atoms. The minimum atomic E-state index is -3.47. The quantitative estimate of drug-likeness (QED) is 0.904. The maximum atomic E-state index is 12.3. The molecule has 5 heteroatoms. The van der Waals surface area contributed by atoms with Gasteiger partial charge in [-0.15, -0.1) is 0 Å². The summed E-state index contributed by atoms with van der Waals surface area (Å²) in [7, 11) is -3.47. The molecule has 0 heterocycles. The Kier molecular flexibility index (Phi) is 4.81. The summed E-state index contributed by atoms with van der Waals surface area (Å²) in [6.07, 6.45) is 4.13. The van der Waals surface area contributed by atoms with E-state index in [-0.39, 0.29) is 17.7 Å². The lowest BCUT2D eigenvalue weighted by atomic mass is 10.2. The van der Waals surface area contributed by atoms with Gasteiger partial charge in [0, 0.05) is 6.04 Å². The topological polar surface area (TPSA) is 63.2 Å². The number of carbonyl (C=O) groups excluding carboxylic acids is 1. The van der Waals surface area contributed by atoms with Crippen LogP contribution < -0.4 is 5.32 Å². The largest absolute Gasteiger partial charge is 0.352 e. The molecule has 1 atom stereocenters. The summed E-state index contributed by atoms with van der Waals surface area (Å²) in [5, 5.41) is 1.86. The molecule has 0 aromatic heterocycles. The Balaban J connectivity index is 1.99. The van der Waals surface area contributed by atoms with Gasteiger partial charge in [0.05, 0.1) is 5.75 Å². The lowest BCUT2D eigenvalue weighted by Crippen LogP contribution is -2.42. The van der Waals surface area contributed by atoms with Crippen molar-refractivity contribution in [3.05, 3.63) is 35.9 Å². The summed E-state index contributed by atoms with van der Waals surface area (Å²) in [5.74, 6) is -0.458. The van der Waals surface area contributed by atoms with E-state index >= 15 is 0 Å². The Morgan fingerprint density at radius 2 is 1.85 bits per heavy atom. The Morgan fingerprint density at radius 3 is 2.45 bits per heavy atom. The zero-order valence-corrected chi connectivity index (χ0v) is 12.5. The number of hydrogen-bond acceptors (Lipinski definition) is 3. The van der Waals surface area contributed by atoms with Crippen molar-refractivity contribution in [1.82, 2.24) is 5.32 Å². The molecule has 1 aromatic carbocycles. The molecule has 0 aliphatic heterocycles. The van der Waals surface area contributed by atoms with Crippen LogP contribution in [0, 0.1) is 0 Å². The van der Waals surface area contributed by atoms with Gasteiger partial charge in [-0.1, -0.05) is 43.2 Å². The van der Waals surface area contributed by atoms with Crippen molar-refractivity contribution in [3.63, 3.8) is 0 Å². The van der Waals surface area contributed by atoms with Crippen molar-refractivity contribution in [2.24, 2.45) is 0 Å². The molecule has 1 aromatic rings. The second-order valence-corrected chi connectivity index (χ2v) is 7.75. The summed E-state index contributed by atoms with van der Waals surface area (Å²) < 4.78 is 24.5. The van der Waals surface area contributed by atoms with E-state index in [2.05, 4.69) is 5.32 Å². The summed E-state index contributed by atoms with van der Waals surface area (Å²) in [5.41, 5.74) is 0.716. The van der Waals surface area contributed by atoms with Crippen LogP contribution in [0.3, 0.4) is 0 Å². The van der Waals surface area contributed by atoms with Crippen molar-refractivity contribution < 1.29 is 13.2 Å². The molecule has 1 N–H and O–H groups in total. The van der Waals surface area contributed by atoms with Crippen LogP contribution in [0.15, 0.2) is 30.3 Å². The number of rotatable bonds is 5. The lowest BCUT2D eigenvalue weighted by molar-refractivity contribution is -0.121. The predicted octanol–water partition coefficient (Wildman–Crippen LogP) is 2.05. The minimum absolute atomic E-state index is 0.0902. The van der Waals surface area contributed by atoms with E-state index in [4.69, 9.17) is 0 Å². The van der Waals surface area contributed by atoms with E-state index in [1.54, 1.807) is 24.3 Å². The summed E-state index contributed by atoms with van der Waals surface area (Å²) in [4.78, 5) is 12.0. The Hall–Kier alpha value is -1.36. The fraction of sp³-hybridized carbons (Fsp3) is 0.533. The first-order valence-corrected chi connectivity index (χ1v) is 8.76. The monoisotopic (exact) mass is 295 g/mol. The standard InChI is InChI=1S/C15H21NO3S/c1-12(15(17)16-14-9-5-6-10-14)20(18,19)11-13-7-3-2-4-8-13/h2-4,7-8,12,14H,5-6,9-11H2,1H3,(H,16,17)/t12-/m1/s1. The molecule has 1 amide bonds. The number of benzene rings is 1. The average molecular weight is 295 g/mol. The molecule has 0 spiro atoms. The Bertz CT molecular complexity index is 548. The Morgan fingerprint density at radius 1 is 1.25 bits per heavy atom. The van der Waals surface area contributed by atoms with Crippen LogP contribution in [0.4, 0.5) is 0 Å². The smallest absolute Gasteiger partial charge is 0.238 e. The van der Waals surface area contributed by atoms with Gasteiger partial charge in [-0.25, -0.2) is 8.42 Å². The highest BCUT2D eigenvalue weighted by Gasteiger charge is 2.30. The molecule has 2 rings (SSSR count). The van der Waals surface area contributed by atoms with E-state index in [1.165, 1.54) is 6.92 Å². The third-order valence-corrected chi connectivity index (χ3v) is 5.85. The summed E-state index contributed by atoms with van der Waals surface area (Å²) in [6.45, 7) is 1.47. The molecule has 1 aliphatic rings. The van der Waals surface area contributed by atoms with Crippen LogP contribution in [0.1, 0.15) is 38.2 Å².